The van der Waals surface area contributed by atoms with E-state index >= 15 is 0 Å². The van der Waals surface area contributed by atoms with Gasteiger partial charge in [0.05, 0.1) is 6.54 Å². The first kappa shape index (κ1) is 17.3. The fourth-order valence-corrected chi connectivity index (χ4v) is 2.58. The molecule has 0 aliphatic heterocycles. The Morgan fingerprint density at radius 2 is 2.17 bits per heavy atom. The molecule has 23 heavy (non-hydrogen) atoms. The number of nitrogens with zero attached hydrogens (tertiary/aromatic N) is 3. The number of amides is 1. The molecule has 1 amide bonds. The van der Waals surface area contributed by atoms with Crippen LogP contribution in [-0.4, -0.2) is 47.3 Å². The van der Waals surface area contributed by atoms with Gasteiger partial charge >= 0.3 is 0 Å². The van der Waals surface area contributed by atoms with Gasteiger partial charge in [-0.1, -0.05) is 13.8 Å². The molecule has 0 unspecified atom stereocenters. The molecule has 6 nitrogen and oxygen atoms in total. The van der Waals surface area contributed by atoms with E-state index in [0.717, 1.165) is 13.0 Å². The van der Waals surface area contributed by atoms with Gasteiger partial charge in [-0.3, -0.25) is 9.48 Å². The van der Waals surface area contributed by atoms with Crippen LogP contribution in [0.2, 0.25) is 0 Å². The molecule has 0 aromatic carbocycles. The van der Waals surface area contributed by atoms with Crippen molar-refractivity contribution in [3.8, 4) is 0 Å². The summed E-state index contributed by atoms with van der Waals surface area (Å²) in [6, 6.07) is 5.50. The van der Waals surface area contributed by atoms with Gasteiger partial charge in [0, 0.05) is 25.0 Å². The van der Waals surface area contributed by atoms with E-state index < -0.39 is 0 Å². The molecular weight excluding hydrogens is 292 g/mol. The highest BCUT2D eigenvalue weighted by Crippen LogP contribution is 2.11. The normalized spacial score (nSPS) is 12.8. The average molecular weight is 318 g/mol. The van der Waals surface area contributed by atoms with Crippen LogP contribution >= 0.6 is 0 Å². The van der Waals surface area contributed by atoms with Crippen molar-refractivity contribution in [2.45, 2.75) is 32.9 Å². The Morgan fingerprint density at radius 3 is 2.78 bits per heavy atom. The summed E-state index contributed by atoms with van der Waals surface area (Å²) in [6.45, 7) is 5.64. The molecule has 0 bridgehead atoms. The Labute approximate surface area is 137 Å². The molecule has 0 fully saturated rings. The lowest BCUT2D eigenvalue weighted by Gasteiger charge is -2.23. The van der Waals surface area contributed by atoms with Crippen LogP contribution in [0, 0.1) is 5.92 Å². The maximum atomic E-state index is 12.4. The number of nitrogens with one attached hydrogen (secondary N) is 1. The van der Waals surface area contributed by atoms with Crippen molar-refractivity contribution in [2.75, 3.05) is 20.6 Å². The number of rotatable bonds is 8. The minimum Gasteiger partial charge on any atom is -0.454 e. The first-order valence-corrected chi connectivity index (χ1v) is 7.95. The van der Waals surface area contributed by atoms with Crippen molar-refractivity contribution >= 4 is 5.91 Å². The molecule has 0 radical (unpaired) electrons. The zero-order valence-electron chi connectivity index (χ0n) is 14.3. The molecule has 1 N–H and O–H groups in total. The monoisotopic (exact) mass is 318 g/mol. The molecule has 0 saturated heterocycles. The zero-order chi connectivity index (χ0) is 16.8. The second-order valence-corrected chi connectivity index (χ2v) is 6.53. The summed E-state index contributed by atoms with van der Waals surface area (Å²) in [5, 5.41) is 7.20. The van der Waals surface area contributed by atoms with Crippen LogP contribution in [0.5, 0.6) is 0 Å². The third kappa shape index (κ3) is 5.56. The summed E-state index contributed by atoms with van der Waals surface area (Å²) in [6.07, 6.45) is 4.51. The number of aromatic nitrogens is 2. The first-order chi connectivity index (χ1) is 10.9. The summed E-state index contributed by atoms with van der Waals surface area (Å²) in [5.41, 5.74) is 0. The summed E-state index contributed by atoms with van der Waals surface area (Å²) >= 11 is 0. The summed E-state index contributed by atoms with van der Waals surface area (Å²) in [5.74, 6) is 1.42. The largest absolute Gasteiger partial charge is 0.454 e. The molecule has 2 rings (SSSR count). The summed E-state index contributed by atoms with van der Waals surface area (Å²) < 4.78 is 7.40. The van der Waals surface area contributed by atoms with Crippen molar-refractivity contribution in [2.24, 2.45) is 5.92 Å². The highest BCUT2D eigenvalue weighted by atomic mass is 16.4. The van der Waals surface area contributed by atoms with Crippen molar-refractivity contribution in [1.82, 2.24) is 20.0 Å². The minimum atomic E-state index is -0.163. The third-order valence-corrected chi connectivity index (χ3v) is 3.44. The van der Waals surface area contributed by atoms with E-state index in [2.05, 4.69) is 29.2 Å². The molecule has 0 saturated carbocycles. The smallest absolute Gasteiger partial charge is 0.287 e. The molecule has 0 aliphatic rings. The molecule has 0 spiro atoms. The standard InChI is InChI=1S/C17H26N4O2/c1-13(2)10-14(11-20(3)4)19-17(22)16-7-6-15(23-16)12-21-9-5-8-18-21/h5-9,13-14H,10-12H2,1-4H3,(H,19,22)/t14-/m1/s1. The van der Waals surface area contributed by atoms with Gasteiger partial charge in [-0.2, -0.15) is 5.10 Å². The van der Waals surface area contributed by atoms with Crippen molar-refractivity contribution in [1.29, 1.82) is 0 Å². The van der Waals surface area contributed by atoms with Crippen molar-refractivity contribution in [3.05, 3.63) is 42.1 Å². The van der Waals surface area contributed by atoms with Crippen molar-refractivity contribution in [3.63, 3.8) is 0 Å². The number of furan rings is 1. The Bertz CT molecular complexity index is 592. The molecular formula is C17H26N4O2. The number of carbonyl (C=O) groups is 1. The predicted octanol–water partition coefficient (Wildman–Crippen LogP) is 2.23. The second kappa shape index (κ2) is 7.97. The van der Waals surface area contributed by atoms with Gasteiger partial charge < -0.3 is 14.6 Å². The van der Waals surface area contributed by atoms with Crippen LogP contribution in [0.1, 0.15) is 36.6 Å². The fourth-order valence-electron chi connectivity index (χ4n) is 2.58. The van der Waals surface area contributed by atoms with E-state index in [4.69, 9.17) is 4.42 Å². The Balaban J connectivity index is 1.97. The van der Waals surface area contributed by atoms with E-state index in [1.165, 1.54) is 0 Å². The molecule has 2 heterocycles. The van der Waals surface area contributed by atoms with E-state index in [1.807, 2.05) is 32.4 Å². The van der Waals surface area contributed by atoms with E-state index in [9.17, 15) is 4.79 Å². The lowest BCUT2D eigenvalue weighted by molar-refractivity contribution is 0.0894. The van der Waals surface area contributed by atoms with Gasteiger partial charge in [-0.15, -0.1) is 0 Å². The summed E-state index contributed by atoms with van der Waals surface area (Å²) in [7, 11) is 4.02. The molecule has 2 aromatic heterocycles. The summed E-state index contributed by atoms with van der Waals surface area (Å²) in [4.78, 5) is 14.5. The second-order valence-electron chi connectivity index (χ2n) is 6.53. The fraction of sp³-hybridized carbons (Fsp3) is 0.529. The van der Waals surface area contributed by atoms with E-state index in [-0.39, 0.29) is 11.9 Å². The minimum absolute atomic E-state index is 0.108. The topological polar surface area (TPSA) is 63.3 Å². The molecule has 2 aromatic rings. The molecule has 6 heteroatoms. The quantitative estimate of drug-likeness (QED) is 0.811. The highest BCUT2D eigenvalue weighted by Gasteiger charge is 2.18. The van der Waals surface area contributed by atoms with E-state index in [1.54, 1.807) is 16.9 Å². The van der Waals surface area contributed by atoms with Gasteiger partial charge in [0.15, 0.2) is 5.76 Å². The Morgan fingerprint density at radius 1 is 1.39 bits per heavy atom. The van der Waals surface area contributed by atoms with E-state index in [0.29, 0.717) is 24.0 Å². The van der Waals surface area contributed by atoms with Crippen LogP contribution in [0.4, 0.5) is 0 Å². The van der Waals surface area contributed by atoms with Crippen LogP contribution < -0.4 is 5.32 Å². The molecule has 126 valence electrons. The van der Waals surface area contributed by atoms with Crippen LogP contribution in [0.25, 0.3) is 0 Å². The Hall–Kier alpha value is -2.08. The SMILES string of the molecule is CC(C)C[C@H](CN(C)C)NC(=O)c1ccc(Cn2cccn2)o1. The predicted molar refractivity (Wildman–Crippen MR) is 89.3 cm³/mol. The number of likely N-dealkylation sites (N-methyl/N-ethyl adjacent to an activating group) is 1. The van der Waals surface area contributed by atoms with Gasteiger partial charge in [0.2, 0.25) is 0 Å². The maximum Gasteiger partial charge on any atom is 0.287 e. The van der Waals surface area contributed by atoms with Gasteiger partial charge in [-0.25, -0.2) is 0 Å². The number of carbonyl (C=O) groups excluding carboxylic acids is 1. The molecule has 0 aliphatic carbocycles. The van der Waals surface area contributed by atoms with Crippen LogP contribution in [0.15, 0.2) is 35.0 Å². The molecule has 1 atom stereocenters. The lowest BCUT2D eigenvalue weighted by atomic mass is 10.0. The first-order valence-electron chi connectivity index (χ1n) is 7.95. The lowest BCUT2D eigenvalue weighted by Crippen LogP contribution is -2.42. The number of hydrogen-bond acceptors (Lipinski definition) is 4. The number of hydrogen-bond donors (Lipinski definition) is 1. The van der Waals surface area contributed by atoms with Gasteiger partial charge in [-0.05, 0) is 44.6 Å². The maximum absolute atomic E-state index is 12.4. The Kier molecular flexibility index (Phi) is 5.98. The van der Waals surface area contributed by atoms with Gasteiger partial charge in [0.1, 0.15) is 5.76 Å². The van der Waals surface area contributed by atoms with Gasteiger partial charge in [0.25, 0.3) is 5.91 Å². The van der Waals surface area contributed by atoms with Crippen molar-refractivity contribution < 1.29 is 9.21 Å². The third-order valence-electron chi connectivity index (χ3n) is 3.44. The highest BCUT2D eigenvalue weighted by molar-refractivity contribution is 5.91. The van der Waals surface area contributed by atoms with Crippen LogP contribution in [-0.2, 0) is 6.54 Å². The zero-order valence-corrected chi connectivity index (χ0v) is 14.3. The average Bonchev–Trinajstić information content (AvgIpc) is 3.09. The van der Waals surface area contributed by atoms with Crippen LogP contribution in [0.3, 0.4) is 0 Å².